The Morgan fingerprint density at radius 3 is 2.09 bits per heavy atom. The third-order valence-electron chi connectivity index (χ3n) is 10.3. The summed E-state index contributed by atoms with van der Waals surface area (Å²) in [6.45, 7) is 0. The largest absolute Gasteiger partial charge is 0.0836 e. The van der Waals surface area contributed by atoms with Crippen molar-refractivity contribution in [1.29, 1.82) is 0 Å². The smallest absolute Gasteiger partial charge is 0.0128 e. The quantitative estimate of drug-likeness (QED) is 0.332. The maximum absolute atomic E-state index is 2.51. The van der Waals surface area contributed by atoms with Crippen LogP contribution >= 0.6 is 0 Å². The van der Waals surface area contributed by atoms with Crippen molar-refractivity contribution in [2.24, 2.45) is 17.8 Å². The third-order valence-corrected chi connectivity index (χ3v) is 10.3. The Morgan fingerprint density at radius 1 is 0.543 bits per heavy atom. The van der Waals surface area contributed by atoms with Crippen LogP contribution < -0.4 is 10.4 Å². The van der Waals surface area contributed by atoms with Crippen LogP contribution in [0.1, 0.15) is 37.2 Å². The maximum Gasteiger partial charge on any atom is 0.0128 e. The highest BCUT2D eigenvalue weighted by molar-refractivity contribution is 5.77. The average molecular weight is 593 g/mol. The van der Waals surface area contributed by atoms with E-state index in [2.05, 4.69) is 170 Å². The third kappa shape index (κ3) is 5.54. The first kappa shape index (κ1) is 28.5. The lowest BCUT2D eigenvalue weighted by Crippen LogP contribution is -2.36. The molecule has 0 amide bonds. The Bertz CT molecular complexity index is 2030. The molecule has 0 aromatic heterocycles. The van der Waals surface area contributed by atoms with E-state index in [1.165, 1.54) is 55.0 Å². The van der Waals surface area contributed by atoms with Crippen LogP contribution in [0.3, 0.4) is 0 Å². The monoisotopic (exact) mass is 592 g/mol. The van der Waals surface area contributed by atoms with Crippen LogP contribution in [0.2, 0.25) is 0 Å². The molecule has 4 unspecified atom stereocenters. The second kappa shape index (κ2) is 12.8. The van der Waals surface area contributed by atoms with Crippen molar-refractivity contribution in [1.82, 2.24) is 0 Å². The number of fused-ring (bicyclic) bond motifs is 3. The lowest BCUT2D eigenvalue weighted by molar-refractivity contribution is 0.604. The van der Waals surface area contributed by atoms with Crippen molar-refractivity contribution in [3.63, 3.8) is 0 Å². The predicted octanol–water partition coefficient (Wildman–Crippen LogP) is 9.79. The zero-order chi connectivity index (χ0) is 30.7. The van der Waals surface area contributed by atoms with Crippen molar-refractivity contribution in [3.05, 3.63) is 214 Å². The molecule has 46 heavy (non-hydrogen) atoms. The average Bonchev–Trinajstić information content (AvgIpc) is 3.13. The van der Waals surface area contributed by atoms with Gasteiger partial charge in [0.15, 0.2) is 0 Å². The van der Waals surface area contributed by atoms with Gasteiger partial charge in [-0.05, 0) is 80.7 Å². The van der Waals surface area contributed by atoms with E-state index in [-0.39, 0.29) is 11.8 Å². The van der Waals surface area contributed by atoms with Gasteiger partial charge in [-0.15, -0.1) is 0 Å². The van der Waals surface area contributed by atoms with E-state index in [0.29, 0.717) is 11.8 Å². The van der Waals surface area contributed by atoms with Gasteiger partial charge in [0.1, 0.15) is 0 Å². The van der Waals surface area contributed by atoms with Gasteiger partial charge in [-0.25, -0.2) is 0 Å². The van der Waals surface area contributed by atoms with E-state index in [0.717, 1.165) is 25.7 Å². The standard InChI is InChI=1S/C46H40/c1-2-10-24-45(46-32-35-21-11-12-23-39(35)41-25-14-16-28-44(41)46)43-27-15-13-26-42(43)40(22-9-1)38-30-36(33-17-5-3-6-18-33)29-37(31-38)34-19-7-4-8-20-34/h1-3,5-7,9-29,31,35-36,42-43H,4,8,30,32H2. The van der Waals surface area contributed by atoms with E-state index in [1.54, 1.807) is 0 Å². The normalized spacial score (nSPS) is 26.3. The van der Waals surface area contributed by atoms with Crippen molar-refractivity contribution in [2.45, 2.75) is 31.6 Å². The minimum absolute atomic E-state index is 0.233. The number of hydrogen-bond donors (Lipinski definition) is 0. The molecule has 0 N–H and O–H groups in total. The Balaban J connectivity index is 1.27. The molecule has 0 radical (unpaired) electrons. The van der Waals surface area contributed by atoms with Gasteiger partial charge in [-0.3, -0.25) is 0 Å². The van der Waals surface area contributed by atoms with Crippen LogP contribution in [0.4, 0.5) is 0 Å². The molecule has 0 bridgehead atoms. The zero-order valence-corrected chi connectivity index (χ0v) is 26.3. The Kier molecular flexibility index (Phi) is 7.95. The van der Waals surface area contributed by atoms with Gasteiger partial charge in [0.25, 0.3) is 0 Å². The zero-order valence-electron chi connectivity index (χ0n) is 26.3. The maximum atomic E-state index is 2.51. The van der Waals surface area contributed by atoms with Crippen LogP contribution in [0.15, 0.2) is 198 Å². The molecule has 6 aliphatic rings. The first-order chi connectivity index (χ1) is 22.8. The van der Waals surface area contributed by atoms with E-state index < -0.39 is 0 Å². The lowest BCUT2D eigenvalue weighted by Gasteiger charge is -2.35. The van der Waals surface area contributed by atoms with Gasteiger partial charge in [0.05, 0.1) is 0 Å². The molecule has 2 aromatic rings. The van der Waals surface area contributed by atoms with Crippen LogP contribution in [-0.2, 0) is 0 Å². The molecule has 0 aliphatic heterocycles. The first-order valence-electron chi connectivity index (χ1n) is 17.0. The summed E-state index contributed by atoms with van der Waals surface area (Å²) in [6, 6.07) is 20.1. The highest BCUT2D eigenvalue weighted by atomic mass is 14.4. The molecule has 6 aliphatic carbocycles. The summed E-state index contributed by atoms with van der Waals surface area (Å²) in [4.78, 5) is 0. The highest BCUT2D eigenvalue weighted by Gasteiger charge is 2.33. The second-order valence-electron chi connectivity index (χ2n) is 13.0. The molecule has 8 rings (SSSR count). The van der Waals surface area contributed by atoms with Crippen LogP contribution in [0.5, 0.6) is 0 Å². The molecule has 0 spiro atoms. The van der Waals surface area contributed by atoms with Gasteiger partial charge in [-0.1, -0.05) is 170 Å². The minimum Gasteiger partial charge on any atom is -0.0836 e. The Morgan fingerprint density at radius 2 is 1.28 bits per heavy atom. The molecule has 2 aromatic carbocycles. The summed E-state index contributed by atoms with van der Waals surface area (Å²) in [7, 11) is 0. The molecule has 0 saturated carbocycles. The summed E-state index contributed by atoms with van der Waals surface area (Å²) in [5, 5.41) is 2.76. The summed E-state index contributed by atoms with van der Waals surface area (Å²) in [5.74, 6) is 1.21. The minimum atomic E-state index is 0.233. The fourth-order valence-electron chi connectivity index (χ4n) is 8.08. The molecular formula is C46H40. The fourth-order valence-corrected chi connectivity index (χ4v) is 8.08. The molecular weight excluding hydrogens is 553 g/mol. The number of benzene rings is 2. The highest BCUT2D eigenvalue weighted by Crippen LogP contribution is 2.45. The van der Waals surface area contributed by atoms with Gasteiger partial charge < -0.3 is 0 Å². The Labute approximate surface area is 273 Å². The molecule has 0 nitrogen and oxygen atoms in total. The molecule has 0 heteroatoms. The topological polar surface area (TPSA) is 0 Å². The summed E-state index contributed by atoms with van der Waals surface area (Å²) in [5.41, 5.74) is 11.3. The van der Waals surface area contributed by atoms with Gasteiger partial charge in [-0.2, -0.15) is 0 Å². The van der Waals surface area contributed by atoms with Crippen molar-refractivity contribution in [2.75, 3.05) is 0 Å². The first-order valence-corrected chi connectivity index (χ1v) is 17.0. The van der Waals surface area contributed by atoms with E-state index >= 15 is 0 Å². The van der Waals surface area contributed by atoms with Crippen molar-refractivity contribution < 1.29 is 0 Å². The van der Waals surface area contributed by atoms with E-state index in [1.807, 2.05) is 0 Å². The molecule has 0 fully saturated rings. The van der Waals surface area contributed by atoms with Crippen LogP contribution in [-0.4, -0.2) is 0 Å². The van der Waals surface area contributed by atoms with Gasteiger partial charge in [0, 0.05) is 23.7 Å². The molecule has 224 valence electrons. The summed E-state index contributed by atoms with van der Waals surface area (Å²) >= 11 is 0. The van der Waals surface area contributed by atoms with Crippen LogP contribution in [0, 0.1) is 17.8 Å². The van der Waals surface area contributed by atoms with Gasteiger partial charge in [0.2, 0.25) is 0 Å². The van der Waals surface area contributed by atoms with E-state index in [9.17, 15) is 0 Å². The van der Waals surface area contributed by atoms with Crippen molar-refractivity contribution in [3.8, 4) is 0 Å². The lowest BCUT2D eigenvalue weighted by atomic mass is 9.69. The number of hydrogen-bond acceptors (Lipinski definition) is 0. The predicted molar refractivity (Wildman–Crippen MR) is 195 cm³/mol. The molecule has 0 heterocycles. The van der Waals surface area contributed by atoms with Gasteiger partial charge >= 0.3 is 0 Å². The Hall–Kier alpha value is -4.94. The summed E-state index contributed by atoms with van der Waals surface area (Å²) in [6.07, 6.45) is 48.6. The van der Waals surface area contributed by atoms with E-state index in [4.69, 9.17) is 0 Å². The molecule has 0 saturated heterocycles. The summed E-state index contributed by atoms with van der Waals surface area (Å²) < 4.78 is 0. The molecule has 4 atom stereocenters. The number of allylic oxidation sites excluding steroid dienone is 24. The fraction of sp³-hybridized carbons (Fsp3) is 0.174. The SMILES string of the molecule is C1=CC=C(C2=CC(C3=CCCC=C3)=CC(c3ccccc3)C2)C2C=CC=CC2C(C2=c3ccccc3=C3C=CC=CC3C2)=CC=C1. The second-order valence-corrected chi connectivity index (χ2v) is 13.0. The van der Waals surface area contributed by atoms with Crippen molar-refractivity contribution >= 4 is 11.1 Å². The van der Waals surface area contributed by atoms with Crippen LogP contribution in [0.25, 0.3) is 11.1 Å². The number of rotatable bonds is 4.